The third kappa shape index (κ3) is 3.94. The number of carbonyl (C=O) groups excluding carboxylic acids is 1. The molecule has 0 unspecified atom stereocenters. The average Bonchev–Trinajstić information content (AvgIpc) is 3.11. The van der Waals surface area contributed by atoms with E-state index >= 15 is 0 Å². The molecule has 3 aromatic rings. The molecule has 152 valence electrons. The van der Waals surface area contributed by atoms with Gasteiger partial charge in [0.1, 0.15) is 0 Å². The van der Waals surface area contributed by atoms with Gasteiger partial charge < -0.3 is 0 Å². The standard InChI is InChI=1S/C25H23NO3S/c1-19-12-15-22(16-13-19)30(28,29)26-24(17-14-20-8-4-2-5-9-20)23(18-25(26)27)21-10-6-3-7-11-21/h2-17,23-24H,18H2,1H3/b17-14+/t23-,24-/m1/s1. The van der Waals surface area contributed by atoms with E-state index in [0.29, 0.717) is 0 Å². The molecule has 30 heavy (non-hydrogen) atoms. The van der Waals surface area contributed by atoms with Gasteiger partial charge in [-0.2, -0.15) is 0 Å². The fourth-order valence-corrected chi connectivity index (χ4v) is 5.44. The number of benzene rings is 3. The van der Waals surface area contributed by atoms with Crippen LogP contribution < -0.4 is 0 Å². The molecule has 4 nitrogen and oxygen atoms in total. The molecule has 0 bridgehead atoms. The number of hydrogen-bond donors (Lipinski definition) is 0. The van der Waals surface area contributed by atoms with Crippen molar-refractivity contribution >= 4 is 22.0 Å². The minimum atomic E-state index is -3.97. The van der Waals surface area contributed by atoms with Crippen molar-refractivity contribution in [2.24, 2.45) is 0 Å². The molecule has 1 fully saturated rings. The zero-order chi connectivity index (χ0) is 21.1. The number of aryl methyl sites for hydroxylation is 1. The summed E-state index contributed by atoms with van der Waals surface area (Å²) in [5, 5.41) is 0. The number of amides is 1. The minimum Gasteiger partial charge on any atom is -0.274 e. The Kier molecular flexibility index (Phi) is 5.55. The smallest absolute Gasteiger partial charge is 0.267 e. The number of hydrogen-bond acceptors (Lipinski definition) is 3. The van der Waals surface area contributed by atoms with Crippen molar-refractivity contribution in [1.82, 2.24) is 4.31 Å². The molecule has 3 aromatic carbocycles. The SMILES string of the molecule is Cc1ccc(S(=O)(=O)N2C(=O)C[C@H](c3ccccc3)[C@H]2/C=C/c2ccccc2)cc1. The van der Waals surface area contributed by atoms with Crippen molar-refractivity contribution in [3.63, 3.8) is 0 Å². The van der Waals surface area contributed by atoms with Crippen LogP contribution in [0, 0.1) is 6.92 Å². The van der Waals surface area contributed by atoms with Crippen LogP contribution in [0.25, 0.3) is 6.08 Å². The monoisotopic (exact) mass is 417 g/mol. The molecule has 0 radical (unpaired) electrons. The van der Waals surface area contributed by atoms with Gasteiger partial charge in [-0.1, -0.05) is 90.5 Å². The Labute approximate surface area is 177 Å². The van der Waals surface area contributed by atoms with E-state index in [1.165, 1.54) is 0 Å². The van der Waals surface area contributed by atoms with Crippen LogP contribution in [-0.2, 0) is 14.8 Å². The summed E-state index contributed by atoms with van der Waals surface area (Å²) in [6.07, 6.45) is 3.87. The Hall–Kier alpha value is -3.18. The first kappa shape index (κ1) is 20.1. The first-order valence-electron chi connectivity index (χ1n) is 9.89. The Bertz CT molecular complexity index is 1150. The normalized spacial score (nSPS) is 19.5. The summed E-state index contributed by atoms with van der Waals surface area (Å²) in [6, 6.07) is 25.3. The molecule has 5 heteroatoms. The average molecular weight is 418 g/mol. The predicted molar refractivity (Wildman–Crippen MR) is 118 cm³/mol. The van der Waals surface area contributed by atoms with E-state index in [-0.39, 0.29) is 23.1 Å². The van der Waals surface area contributed by atoms with Crippen molar-refractivity contribution in [2.45, 2.75) is 30.2 Å². The van der Waals surface area contributed by atoms with Crippen LogP contribution in [-0.4, -0.2) is 24.7 Å². The number of carbonyl (C=O) groups is 1. The molecule has 2 atom stereocenters. The van der Waals surface area contributed by atoms with Crippen LogP contribution in [0.3, 0.4) is 0 Å². The second kappa shape index (κ2) is 8.28. The molecule has 1 aliphatic heterocycles. The Balaban J connectivity index is 1.78. The summed E-state index contributed by atoms with van der Waals surface area (Å²) < 4.78 is 27.9. The molecule has 0 aliphatic carbocycles. The van der Waals surface area contributed by atoms with Gasteiger partial charge in [0.25, 0.3) is 10.0 Å². The lowest BCUT2D eigenvalue weighted by Crippen LogP contribution is -2.38. The number of nitrogens with zero attached hydrogens (tertiary/aromatic N) is 1. The Morgan fingerprint density at radius 3 is 2.10 bits per heavy atom. The van der Waals surface area contributed by atoms with Crippen LogP contribution in [0.4, 0.5) is 0 Å². The molecule has 1 amide bonds. The second-order valence-corrected chi connectivity index (χ2v) is 9.30. The van der Waals surface area contributed by atoms with Gasteiger partial charge in [0.05, 0.1) is 10.9 Å². The minimum absolute atomic E-state index is 0.133. The number of sulfonamides is 1. The summed E-state index contributed by atoms with van der Waals surface area (Å²) in [6.45, 7) is 1.90. The van der Waals surface area contributed by atoms with E-state index in [9.17, 15) is 13.2 Å². The Morgan fingerprint density at radius 2 is 1.47 bits per heavy atom. The van der Waals surface area contributed by atoms with Crippen molar-refractivity contribution < 1.29 is 13.2 Å². The largest absolute Gasteiger partial charge is 0.274 e. The molecular weight excluding hydrogens is 394 g/mol. The molecule has 1 saturated heterocycles. The lowest BCUT2D eigenvalue weighted by molar-refractivity contribution is -0.124. The van der Waals surface area contributed by atoms with Crippen molar-refractivity contribution in [1.29, 1.82) is 0 Å². The van der Waals surface area contributed by atoms with Crippen molar-refractivity contribution in [3.05, 3.63) is 108 Å². The van der Waals surface area contributed by atoms with Crippen molar-refractivity contribution in [3.8, 4) is 0 Å². The fraction of sp³-hybridized carbons (Fsp3) is 0.160. The van der Waals surface area contributed by atoms with Gasteiger partial charge in [0, 0.05) is 12.3 Å². The summed E-state index contributed by atoms with van der Waals surface area (Å²) in [5.41, 5.74) is 2.87. The van der Waals surface area contributed by atoms with Crippen LogP contribution in [0.1, 0.15) is 29.0 Å². The van der Waals surface area contributed by atoms with E-state index in [4.69, 9.17) is 0 Å². The van der Waals surface area contributed by atoms with E-state index in [2.05, 4.69) is 0 Å². The lowest BCUT2D eigenvalue weighted by Gasteiger charge is -2.25. The van der Waals surface area contributed by atoms with Crippen LogP contribution in [0.2, 0.25) is 0 Å². The fourth-order valence-electron chi connectivity index (χ4n) is 3.85. The summed E-state index contributed by atoms with van der Waals surface area (Å²) in [4.78, 5) is 13.1. The molecule has 0 aromatic heterocycles. The molecule has 0 N–H and O–H groups in total. The first-order chi connectivity index (χ1) is 14.5. The summed E-state index contributed by atoms with van der Waals surface area (Å²) >= 11 is 0. The van der Waals surface area contributed by atoms with Gasteiger partial charge in [-0.3, -0.25) is 4.79 Å². The molecule has 4 rings (SSSR count). The maximum atomic E-state index is 13.4. The van der Waals surface area contributed by atoms with Crippen molar-refractivity contribution in [2.75, 3.05) is 0 Å². The first-order valence-corrected chi connectivity index (χ1v) is 11.3. The third-order valence-electron chi connectivity index (χ3n) is 5.41. The highest BCUT2D eigenvalue weighted by Gasteiger charge is 2.45. The number of rotatable bonds is 5. The van der Waals surface area contributed by atoms with Crippen LogP contribution in [0.5, 0.6) is 0 Å². The van der Waals surface area contributed by atoms with Crippen LogP contribution >= 0.6 is 0 Å². The zero-order valence-electron chi connectivity index (χ0n) is 16.7. The van der Waals surface area contributed by atoms with E-state index in [1.54, 1.807) is 24.3 Å². The van der Waals surface area contributed by atoms with Gasteiger partial charge in [0.2, 0.25) is 5.91 Å². The zero-order valence-corrected chi connectivity index (χ0v) is 17.5. The van der Waals surface area contributed by atoms with Gasteiger partial charge in [-0.15, -0.1) is 0 Å². The van der Waals surface area contributed by atoms with E-state index in [0.717, 1.165) is 21.0 Å². The van der Waals surface area contributed by atoms with Gasteiger partial charge >= 0.3 is 0 Å². The van der Waals surface area contributed by atoms with Gasteiger partial charge in [-0.25, -0.2) is 12.7 Å². The lowest BCUT2D eigenvalue weighted by atomic mass is 9.91. The molecule has 1 aliphatic rings. The molecule has 1 heterocycles. The van der Waals surface area contributed by atoms with Gasteiger partial charge in [0.15, 0.2) is 0 Å². The van der Waals surface area contributed by atoms with Crippen LogP contribution in [0.15, 0.2) is 95.9 Å². The topological polar surface area (TPSA) is 54.5 Å². The predicted octanol–water partition coefficient (Wildman–Crippen LogP) is 4.78. The molecular formula is C25H23NO3S. The maximum absolute atomic E-state index is 13.4. The highest BCUT2D eigenvalue weighted by Crippen LogP contribution is 2.39. The molecule has 0 saturated carbocycles. The highest BCUT2D eigenvalue weighted by molar-refractivity contribution is 7.89. The quantitative estimate of drug-likeness (QED) is 0.600. The summed E-state index contributed by atoms with van der Waals surface area (Å²) in [7, 11) is -3.97. The van der Waals surface area contributed by atoms with E-state index in [1.807, 2.05) is 79.7 Å². The summed E-state index contributed by atoms with van der Waals surface area (Å²) in [5.74, 6) is -0.619. The molecule has 0 spiro atoms. The van der Waals surface area contributed by atoms with E-state index < -0.39 is 16.1 Å². The third-order valence-corrected chi connectivity index (χ3v) is 7.25. The second-order valence-electron chi connectivity index (χ2n) is 7.49. The Morgan fingerprint density at radius 1 is 0.867 bits per heavy atom. The highest BCUT2D eigenvalue weighted by atomic mass is 32.2. The maximum Gasteiger partial charge on any atom is 0.267 e. The van der Waals surface area contributed by atoms with Gasteiger partial charge in [-0.05, 0) is 30.2 Å².